The van der Waals surface area contributed by atoms with E-state index in [1.807, 2.05) is 29.3 Å². The number of hydrogen-bond donors (Lipinski definition) is 0. The van der Waals surface area contributed by atoms with Gasteiger partial charge in [-0.05, 0) is 49.4 Å². The van der Waals surface area contributed by atoms with Crippen molar-refractivity contribution in [2.75, 3.05) is 13.1 Å². The average molecular weight is 326 g/mol. The van der Waals surface area contributed by atoms with Crippen molar-refractivity contribution < 1.29 is 9.18 Å². The number of aromatic nitrogens is 1. The van der Waals surface area contributed by atoms with Crippen LogP contribution in [0.15, 0.2) is 42.6 Å². The van der Waals surface area contributed by atoms with Gasteiger partial charge in [0.1, 0.15) is 5.82 Å². The highest BCUT2D eigenvalue weighted by atomic mass is 19.1. The van der Waals surface area contributed by atoms with Crippen molar-refractivity contribution in [1.29, 1.82) is 0 Å². The fourth-order valence-electron chi connectivity index (χ4n) is 3.15. The van der Waals surface area contributed by atoms with E-state index in [4.69, 9.17) is 0 Å². The number of aryl methyl sites for hydroxylation is 1. The number of carbonyl (C=O) groups is 1. The van der Waals surface area contributed by atoms with Crippen LogP contribution in [0.25, 0.3) is 11.3 Å². The van der Waals surface area contributed by atoms with Crippen LogP contribution in [0.3, 0.4) is 0 Å². The molecule has 4 heteroatoms. The van der Waals surface area contributed by atoms with Crippen LogP contribution >= 0.6 is 0 Å². The van der Waals surface area contributed by atoms with Crippen LogP contribution < -0.4 is 0 Å². The fraction of sp³-hybridized carbons (Fsp3) is 0.400. The summed E-state index contributed by atoms with van der Waals surface area (Å²) in [6.07, 6.45) is 7.62. The highest BCUT2D eigenvalue weighted by Gasteiger charge is 2.15. The molecule has 0 unspecified atom stereocenters. The van der Waals surface area contributed by atoms with Crippen LogP contribution in [0.2, 0.25) is 0 Å². The molecule has 3 rings (SSSR count). The molecule has 1 saturated heterocycles. The summed E-state index contributed by atoms with van der Waals surface area (Å²) in [6, 6.07) is 10.5. The van der Waals surface area contributed by atoms with Crippen LogP contribution in [0, 0.1) is 5.82 Å². The minimum absolute atomic E-state index is 0.252. The van der Waals surface area contributed by atoms with Gasteiger partial charge < -0.3 is 4.90 Å². The van der Waals surface area contributed by atoms with Gasteiger partial charge in [0.2, 0.25) is 5.91 Å². The lowest BCUT2D eigenvalue weighted by atomic mass is 10.1. The molecule has 1 aliphatic rings. The lowest BCUT2D eigenvalue weighted by Gasteiger charge is -2.20. The third-order valence-corrected chi connectivity index (χ3v) is 4.54. The molecule has 2 heterocycles. The van der Waals surface area contributed by atoms with Gasteiger partial charge in [-0.3, -0.25) is 9.78 Å². The number of amides is 1. The number of likely N-dealkylation sites (tertiary alicyclic amines) is 1. The Labute approximate surface area is 142 Å². The fourth-order valence-corrected chi connectivity index (χ4v) is 3.15. The molecular formula is C20H23FN2O. The number of halogens is 1. The zero-order chi connectivity index (χ0) is 16.8. The molecule has 1 amide bonds. The molecule has 0 N–H and O–H groups in total. The van der Waals surface area contributed by atoms with E-state index in [0.29, 0.717) is 23.6 Å². The Kier molecular flexibility index (Phi) is 5.57. The summed E-state index contributed by atoms with van der Waals surface area (Å²) in [5.41, 5.74) is 2.30. The zero-order valence-electron chi connectivity index (χ0n) is 13.9. The van der Waals surface area contributed by atoms with Crippen molar-refractivity contribution in [3.8, 4) is 11.3 Å². The van der Waals surface area contributed by atoms with Crippen LogP contribution in [0.1, 0.15) is 37.7 Å². The summed E-state index contributed by atoms with van der Waals surface area (Å²) < 4.78 is 13.8. The number of benzene rings is 1. The van der Waals surface area contributed by atoms with E-state index in [1.54, 1.807) is 12.1 Å². The molecule has 2 aromatic rings. The summed E-state index contributed by atoms with van der Waals surface area (Å²) in [6.45, 7) is 1.71. The molecular weight excluding hydrogens is 303 g/mol. The van der Waals surface area contributed by atoms with Gasteiger partial charge in [-0.25, -0.2) is 4.39 Å². The van der Waals surface area contributed by atoms with Gasteiger partial charge in [-0.15, -0.1) is 0 Å². The zero-order valence-corrected chi connectivity index (χ0v) is 13.9. The van der Waals surface area contributed by atoms with E-state index in [0.717, 1.165) is 50.8 Å². The number of carbonyl (C=O) groups excluding carboxylic acids is 1. The largest absolute Gasteiger partial charge is 0.343 e. The predicted molar refractivity (Wildman–Crippen MR) is 93.0 cm³/mol. The lowest BCUT2D eigenvalue weighted by molar-refractivity contribution is -0.130. The Morgan fingerprint density at radius 3 is 2.75 bits per heavy atom. The maximum absolute atomic E-state index is 13.8. The third-order valence-electron chi connectivity index (χ3n) is 4.54. The van der Waals surface area contributed by atoms with E-state index in [9.17, 15) is 9.18 Å². The number of hydrogen-bond acceptors (Lipinski definition) is 2. The maximum Gasteiger partial charge on any atom is 0.222 e. The van der Waals surface area contributed by atoms with E-state index >= 15 is 0 Å². The molecule has 1 aromatic carbocycles. The van der Waals surface area contributed by atoms with Crippen LogP contribution in [0.5, 0.6) is 0 Å². The second-order valence-corrected chi connectivity index (χ2v) is 6.33. The molecule has 0 bridgehead atoms. The highest BCUT2D eigenvalue weighted by molar-refractivity contribution is 5.76. The molecule has 0 atom stereocenters. The minimum Gasteiger partial charge on any atom is -0.343 e. The SMILES string of the molecule is O=C1CCCCCN1CCCc1ccc(-c2ccccc2F)nc1. The van der Waals surface area contributed by atoms with E-state index < -0.39 is 0 Å². The third kappa shape index (κ3) is 4.19. The quantitative estimate of drug-likeness (QED) is 0.824. The number of rotatable bonds is 5. The van der Waals surface area contributed by atoms with Gasteiger partial charge in [0.05, 0.1) is 5.69 Å². The van der Waals surface area contributed by atoms with Crippen molar-refractivity contribution in [3.63, 3.8) is 0 Å². The maximum atomic E-state index is 13.8. The lowest BCUT2D eigenvalue weighted by Crippen LogP contribution is -2.31. The number of nitrogens with zero attached hydrogens (tertiary/aromatic N) is 2. The van der Waals surface area contributed by atoms with E-state index in [1.165, 1.54) is 6.07 Å². The smallest absolute Gasteiger partial charge is 0.222 e. The normalized spacial score (nSPS) is 15.4. The Morgan fingerprint density at radius 1 is 1.08 bits per heavy atom. The summed E-state index contributed by atoms with van der Waals surface area (Å²) in [5.74, 6) is 0.0398. The first kappa shape index (κ1) is 16.6. The van der Waals surface area contributed by atoms with Crippen LogP contribution in [0.4, 0.5) is 4.39 Å². The molecule has 1 fully saturated rings. The summed E-state index contributed by atoms with van der Waals surface area (Å²) >= 11 is 0. The van der Waals surface area contributed by atoms with Gasteiger partial charge in [0.15, 0.2) is 0 Å². The molecule has 0 saturated carbocycles. The monoisotopic (exact) mass is 326 g/mol. The summed E-state index contributed by atoms with van der Waals surface area (Å²) in [5, 5.41) is 0. The van der Waals surface area contributed by atoms with Gasteiger partial charge in [-0.2, -0.15) is 0 Å². The first-order valence-corrected chi connectivity index (χ1v) is 8.71. The topological polar surface area (TPSA) is 33.2 Å². The Morgan fingerprint density at radius 2 is 1.96 bits per heavy atom. The van der Waals surface area contributed by atoms with Crippen LogP contribution in [-0.2, 0) is 11.2 Å². The standard InChI is InChI=1S/C20H23FN2O/c21-18-9-4-3-8-17(18)19-12-11-16(15-22-19)7-6-14-23-13-5-1-2-10-20(23)24/h3-4,8-9,11-12,15H,1-2,5-7,10,13-14H2. The summed E-state index contributed by atoms with van der Waals surface area (Å²) in [7, 11) is 0. The predicted octanol–water partition coefficient (Wildman–Crippen LogP) is 4.22. The van der Waals surface area contributed by atoms with Crippen molar-refractivity contribution in [2.45, 2.75) is 38.5 Å². The van der Waals surface area contributed by atoms with E-state index in [-0.39, 0.29) is 5.82 Å². The first-order valence-electron chi connectivity index (χ1n) is 8.71. The van der Waals surface area contributed by atoms with Gasteiger partial charge in [0.25, 0.3) is 0 Å². The first-order chi connectivity index (χ1) is 11.7. The average Bonchev–Trinajstić information content (AvgIpc) is 2.81. The van der Waals surface area contributed by atoms with Gasteiger partial charge in [0, 0.05) is 31.3 Å². The molecule has 0 aliphatic carbocycles. The Hall–Kier alpha value is -2.23. The summed E-state index contributed by atoms with van der Waals surface area (Å²) in [4.78, 5) is 18.3. The number of pyridine rings is 1. The second kappa shape index (κ2) is 8.04. The Balaban J connectivity index is 1.55. The van der Waals surface area contributed by atoms with Crippen molar-refractivity contribution in [3.05, 3.63) is 54.0 Å². The molecule has 1 aliphatic heterocycles. The minimum atomic E-state index is -0.252. The van der Waals surface area contributed by atoms with Crippen molar-refractivity contribution in [2.24, 2.45) is 0 Å². The van der Waals surface area contributed by atoms with E-state index in [2.05, 4.69) is 4.98 Å². The molecule has 0 radical (unpaired) electrons. The van der Waals surface area contributed by atoms with Crippen molar-refractivity contribution in [1.82, 2.24) is 9.88 Å². The van der Waals surface area contributed by atoms with Crippen molar-refractivity contribution >= 4 is 5.91 Å². The highest BCUT2D eigenvalue weighted by Crippen LogP contribution is 2.20. The molecule has 0 spiro atoms. The molecule has 1 aromatic heterocycles. The van der Waals surface area contributed by atoms with Crippen LogP contribution in [-0.4, -0.2) is 28.9 Å². The second-order valence-electron chi connectivity index (χ2n) is 6.33. The Bertz CT molecular complexity index is 684. The van der Waals surface area contributed by atoms with Gasteiger partial charge in [-0.1, -0.05) is 24.6 Å². The molecule has 3 nitrogen and oxygen atoms in total. The molecule has 126 valence electrons. The van der Waals surface area contributed by atoms with Gasteiger partial charge >= 0.3 is 0 Å². The molecule has 24 heavy (non-hydrogen) atoms.